The van der Waals surface area contributed by atoms with Gasteiger partial charge in [0.05, 0.1) is 137 Å². The molecule has 9 atom stereocenters. The first-order valence-corrected chi connectivity index (χ1v) is 35.9. The summed E-state index contributed by atoms with van der Waals surface area (Å²) in [6.45, 7) is 34.9. The van der Waals surface area contributed by atoms with E-state index in [4.69, 9.17) is 125 Å². The largest absolute Gasteiger partial charge is 0.499 e. The molecule has 2 rings (SSSR count). The highest BCUT2D eigenvalue weighted by Crippen LogP contribution is 2.16. The average molecular weight is 1600 g/mol. The van der Waals surface area contributed by atoms with Crippen molar-refractivity contribution in [2.24, 2.45) is 0 Å². The third-order valence-electron chi connectivity index (χ3n) is 13.4. The van der Waals surface area contributed by atoms with Gasteiger partial charge in [0.15, 0.2) is 11.6 Å². The van der Waals surface area contributed by atoms with E-state index < -0.39 is 47.8 Å². The Labute approximate surface area is 652 Å². The Balaban J connectivity index is -0.000000476. The van der Waals surface area contributed by atoms with Gasteiger partial charge in [0, 0.05) is 120 Å². The maximum Gasteiger partial charge on any atom is 0.333 e. The predicted octanol–water partition coefficient (Wildman–Crippen LogP) is 4.34. The molecular formula is C74H138N2O34. The number of rotatable bonds is 69. The summed E-state index contributed by atoms with van der Waals surface area (Å²) in [6.07, 6.45) is 1.77. The topological polar surface area (TPSA) is 427 Å². The summed E-state index contributed by atoms with van der Waals surface area (Å²) in [5.41, 5.74) is 0. The molecule has 2 fully saturated rings. The zero-order valence-corrected chi connectivity index (χ0v) is 65.7. The second-order valence-electron chi connectivity index (χ2n) is 21.7. The van der Waals surface area contributed by atoms with Gasteiger partial charge in [-0.3, -0.25) is 28.8 Å². The zero-order valence-electron chi connectivity index (χ0n) is 65.7. The first-order valence-electron chi connectivity index (χ1n) is 35.9. The van der Waals surface area contributed by atoms with E-state index >= 15 is 0 Å². The van der Waals surface area contributed by atoms with Crippen LogP contribution in [0.1, 0.15) is 121 Å². The third kappa shape index (κ3) is 63.4. The maximum atomic E-state index is 12.3. The minimum absolute atomic E-state index is 0. The summed E-state index contributed by atoms with van der Waals surface area (Å²) >= 11 is 0. The van der Waals surface area contributed by atoms with Crippen LogP contribution in [0.15, 0.2) is 51.4 Å². The van der Waals surface area contributed by atoms with Crippen LogP contribution in [0.4, 0.5) is 0 Å². The summed E-state index contributed by atoms with van der Waals surface area (Å²) in [5, 5.41) is 28.9. The van der Waals surface area contributed by atoms with Gasteiger partial charge in [-0.05, 0) is 54.9 Å². The molecule has 0 aromatic carbocycles. The van der Waals surface area contributed by atoms with Crippen LogP contribution in [-0.2, 0) is 143 Å². The number of nitrogens with zero attached hydrogens (tertiary/aromatic N) is 2. The van der Waals surface area contributed by atoms with Crippen LogP contribution in [0.5, 0.6) is 0 Å². The van der Waals surface area contributed by atoms with Crippen LogP contribution in [0.2, 0.25) is 0 Å². The van der Waals surface area contributed by atoms with Gasteiger partial charge in [0.2, 0.25) is 0 Å². The van der Waals surface area contributed by atoms with Gasteiger partial charge in [0.25, 0.3) is 23.6 Å². The lowest BCUT2D eigenvalue weighted by atomic mass is 10.2. The number of hydrogen-bond acceptors (Lipinski definition) is 34. The SMILES string of the molecule is C.C.C=COCC(COCC(COCC(COCC(=O)CCC(=O)ON1C(=O)CCC1=O)OC=C)OCC)OCC.C=COCC(COCC(COCC(COCC(COCC(COCC(COCC(=O)CCCC(=O)ON1C(=O)CCC1=O)OC=C)OCC)OCC)OCC)OCC)OCC.CO.CO.CO.CO. The zero-order chi connectivity index (χ0) is 81.8. The second-order valence-corrected chi connectivity index (χ2v) is 21.7. The number of carbonyl (C=O) groups excluding carboxylic acids is 8. The number of carbonyl (C=O) groups is 8. The molecule has 110 heavy (non-hydrogen) atoms. The highest BCUT2D eigenvalue weighted by Gasteiger charge is 2.34. The molecule has 4 N–H and O–H groups in total. The number of aliphatic hydroxyl groups is 4. The van der Waals surface area contributed by atoms with E-state index in [0.29, 0.717) is 103 Å². The Morgan fingerprint density at radius 1 is 0.318 bits per heavy atom. The number of imide groups is 2. The van der Waals surface area contributed by atoms with Gasteiger partial charge < -0.3 is 125 Å². The minimum atomic E-state index is -0.848. The molecule has 648 valence electrons. The summed E-state index contributed by atoms with van der Waals surface area (Å²) < 4.78 is 113. The van der Waals surface area contributed by atoms with E-state index in [0.717, 1.165) is 28.4 Å². The Morgan fingerprint density at radius 2 is 0.536 bits per heavy atom. The lowest BCUT2D eigenvalue weighted by Crippen LogP contribution is -2.34. The number of ketones is 2. The van der Waals surface area contributed by atoms with Crippen molar-refractivity contribution in [3.05, 3.63) is 51.4 Å². The lowest BCUT2D eigenvalue weighted by molar-refractivity contribution is -0.197. The summed E-state index contributed by atoms with van der Waals surface area (Å²) in [5.74, 6) is -4.49. The highest BCUT2D eigenvalue weighted by atomic mass is 16.7. The lowest BCUT2D eigenvalue weighted by Gasteiger charge is -2.24. The number of aliphatic hydroxyl groups excluding tert-OH is 4. The molecule has 0 bridgehead atoms. The van der Waals surface area contributed by atoms with E-state index in [2.05, 4.69) is 26.3 Å². The molecule has 0 aromatic heterocycles. The van der Waals surface area contributed by atoms with Gasteiger partial charge in [0.1, 0.15) is 81.4 Å². The van der Waals surface area contributed by atoms with Crippen molar-refractivity contribution in [3.8, 4) is 0 Å². The maximum absolute atomic E-state index is 12.3. The molecule has 0 radical (unpaired) electrons. The first kappa shape index (κ1) is 115. The molecule has 2 saturated heterocycles. The molecule has 36 heteroatoms. The van der Waals surface area contributed by atoms with Crippen molar-refractivity contribution in [1.82, 2.24) is 10.1 Å². The van der Waals surface area contributed by atoms with Crippen molar-refractivity contribution in [2.75, 3.05) is 207 Å². The van der Waals surface area contributed by atoms with Gasteiger partial charge in [-0.2, -0.15) is 0 Å². The molecule has 0 aliphatic carbocycles. The van der Waals surface area contributed by atoms with Crippen molar-refractivity contribution >= 4 is 47.1 Å². The fourth-order valence-electron chi connectivity index (χ4n) is 8.89. The Morgan fingerprint density at radius 3 is 0.773 bits per heavy atom. The van der Waals surface area contributed by atoms with Crippen LogP contribution < -0.4 is 0 Å². The second kappa shape index (κ2) is 83.8. The monoisotopic (exact) mass is 1600 g/mol. The minimum Gasteiger partial charge on any atom is -0.499 e. The summed E-state index contributed by atoms with van der Waals surface area (Å²) in [6, 6.07) is 0. The van der Waals surface area contributed by atoms with Gasteiger partial charge >= 0.3 is 11.9 Å². The smallest absolute Gasteiger partial charge is 0.333 e. The number of hydrogen-bond donors (Lipinski definition) is 4. The van der Waals surface area contributed by atoms with Gasteiger partial charge in [-0.25, -0.2) is 9.59 Å². The summed E-state index contributed by atoms with van der Waals surface area (Å²) in [4.78, 5) is 104. The molecule has 0 aromatic rings. The average Bonchev–Trinajstić information content (AvgIpc) is 1.74. The van der Waals surface area contributed by atoms with Gasteiger partial charge in [-0.15, -0.1) is 10.1 Å². The standard InChI is InChI=1S/C42H73NO18.C26H41NO12.4CH4O.2CH4/c1-8-48-21-34(55-9-2)23-50-25-36(57-11-4)27-52-29-38(59-13-6)31-54-32-39(60-14-7)30-53-28-37(58-12-5)26-51-24-35(56-10-3)22-49-20-33(44)16-15-17-42(47)61-43-40(45)18-19-41(43)46;1-5-32-14-21(36-6-2)16-34-18-23(38-8-4)19-35-17-22(37-7-3)15-33-13-20(28)9-12-26(31)39-27-24(29)10-11-25(27)30;4*1-2;;/h8,10,34-39H,1,3,9,11-32H2,2,4-7H3;5,7,21-23H,1,3,6,8-19H2,2,4H3;4*2H,1H3;2*1H4. The molecule has 0 spiro atoms. The van der Waals surface area contributed by atoms with Crippen molar-refractivity contribution in [3.63, 3.8) is 0 Å². The van der Waals surface area contributed by atoms with Crippen molar-refractivity contribution in [1.29, 1.82) is 0 Å². The third-order valence-corrected chi connectivity index (χ3v) is 13.4. The Kier molecular flexibility index (Phi) is 87.5. The molecule has 2 aliphatic heterocycles. The van der Waals surface area contributed by atoms with Crippen LogP contribution in [0, 0.1) is 0 Å². The Hall–Kier alpha value is -6.08. The number of hydroxylamine groups is 4. The molecular weight excluding hydrogens is 1460 g/mol. The highest BCUT2D eigenvalue weighted by molar-refractivity contribution is 6.02. The fourth-order valence-corrected chi connectivity index (χ4v) is 8.89. The molecule has 4 amide bonds. The van der Waals surface area contributed by atoms with E-state index in [1.165, 1.54) is 25.0 Å². The van der Waals surface area contributed by atoms with E-state index in [-0.39, 0.29) is 213 Å². The summed E-state index contributed by atoms with van der Waals surface area (Å²) in [7, 11) is 4.00. The van der Waals surface area contributed by atoms with E-state index in [1.807, 2.05) is 48.5 Å². The number of Topliss-reactive ketones (excluding diaryl/α,β-unsaturated/α-hetero) is 2. The predicted molar refractivity (Wildman–Crippen MR) is 401 cm³/mol. The first-order chi connectivity index (χ1) is 52.5. The molecule has 0 saturated carbocycles. The molecule has 36 nitrogen and oxygen atoms in total. The van der Waals surface area contributed by atoms with Crippen molar-refractivity contribution < 1.29 is 163 Å². The normalized spacial score (nSPS) is 14.5. The van der Waals surface area contributed by atoms with Crippen LogP contribution >= 0.6 is 0 Å². The van der Waals surface area contributed by atoms with Crippen LogP contribution in [-0.4, -0.2) is 339 Å². The molecule has 2 aliphatic rings. The number of amides is 4. The Bertz CT molecular complexity index is 2230. The quantitative estimate of drug-likeness (QED) is 0.0486. The van der Waals surface area contributed by atoms with Crippen LogP contribution in [0.3, 0.4) is 0 Å². The van der Waals surface area contributed by atoms with Crippen molar-refractivity contribution in [2.45, 2.75) is 176 Å². The van der Waals surface area contributed by atoms with E-state index in [1.54, 1.807) is 0 Å². The van der Waals surface area contributed by atoms with Crippen LogP contribution in [0.25, 0.3) is 0 Å². The van der Waals surface area contributed by atoms with Gasteiger partial charge in [-0.1, -0.05) is 41.2 Å². The number of ether oxygens (including phenoxy) is 20. The molecule has 9 unspecified atom stereocenters. The fraction of sp³-hybridized carbons (Fsp3) is 0.784. The van der Waals surface area contributed by atoms with E-state index in [9.17, 15) is 38.4 Å². The molecule has 2 heterocycles.